The molecule has 1 aromatic rings. The summed E-state index contributed by atoms with van der Waals surface area (Å²) in [5, 5.41) is 8.69. The van der Waals surface area contributed by atoms with Crippen molar-refractivity contribution in [2.24, 2.45) is 0 Å². The summed E-state index contributed by atoms with van der Waals surface area (Å²) in [5.74, 6) is 1.11. The molecule has 1 fully saturated rings. The van der Waals surface area contributed by atoms with Gasteiger partial charge in [-0.3, -0.25) is 0 Å². The average Bonchev–Trinajstić information content (AvgIpc) is 2.37. The Morgan fingerprint density at radius 3 is 3.06 bits per heavy atom. The topological polar surface area (TPSA) is 54.8 Å². The largest absolute Gasteiger partial charge is 0.475 e. The Morgan fingerprint density at radius 2 is 2.31 bits per heavy atom. The van der Waals surface area contributed by atoms with E-state index in [9.17, 15) is 0 Å². The van der Waals surface area contributed by atoms with E-state index >= 15 is 0 Å². The summed E-state index contributed by atoms with van der Waals surface area (Å²) in [4.78, 5) is 6.37. The SMILES string of the molecule is [2H]c1cc(OCCO)nc(N2CCOCC2)c1. The number of aromatic nitrogens is 1. The van der Waals surface area contributed by atoms with Crippen molar-refractivity contribution in [1.29, 1.82) is 0 Å². The molecule has 0 aliphatic carbocycles. The molecule has 2 rings (SSSR count). The zero-order chi connectivity index (χ0) is 12.1. The van der Waals surface area contributed by atoms with Gasteiger partial charge >= 0.3 is 0 Å². The van der Waals surface area contributed by atoms with E-state index in [0.717, 1.165) is 18.9 Å². The van der Waals surface area contributed by atoms with Crippen LogP contribution < -0.4 is 9.64 Å². The third kappa shape index (κ3) is 2.84. The van der Waals surface area contributed by atoms with Gasteiger partial charge in [0.2, 0.25) is 5.88 Å². The van der Waals surface area contributed by atoms with Gasteiger partial charge < -0.3 is 19.5 Å². The Kier molecular flexibility index (Phi) is 3.50. The van der Waals surface area contributed by atoms with E-state index in [0.29, 0.717) is 25.1 Å². The number of hydrogen-bond donors (Lipinski definition) is 1. The molecule has 1 saturated heterocycles. The standard InChI is InChI=1S/C11H16N2O3/c14-6-9-16-11-3-1-2-10(12-11)13-4-7-15-8-5-13/h1-3,14H,4-9H2/i1D. The third-order valence-electron chi connectivity index (χ3n) is 2.32. The number of aliphatic hydroxyl groups excluding tert-OH is 1. The summed E-state index contributed by atoms with van der Waals surface area (Å²) >= 11 is 0. The minimum atomic E-state index is -0.0587. The van der Waals surface area contributed by atoms with Crippen molar-refractivity contribution in [3.05, 3.63) is 18.2 Å². The van der Waals surface area contributed by atoms with Crippen LogP contribution in [0.15, 0.2) is 18.2 Å². The lowest BCUT2D eigenvalue weighted by molar-refractivity contribution is 0.122. The zero-order valence-electron chi connectivity index (χ0n) is 10.1. The van der Waals surface area contributed by atoms with Gasteiger partial charge in [0.25, 0.3) is 0 Å². The summed E-state index contributed by atoms with van der Waals surface area (Å²) < 4.78 is 18.2. The van der Waals surface area contributed by atoms with Gasteiger partial charge in [0, 0.05) is 19.2 Å². The van der Waals surface area contributed by atoms with Crippen molar-refractivity contribution in [3.8, 4) is 5.88 Å². The van der Waals surface area contributed by atoms with E-state index in [1.165, 1.54) is 0 Å². The molecule has 0 radical (unpaired) electrons. The Balaban J connectivity index is 2.12. The molecule has 1 aromatic heterocycles. The van der Waals surface area contributed by atoms with Crippen LogP contribution in [0.25, 0.3) is 0 Å². The van der Waals surface area contributed by atoms with Crippen molar-refractivity contribution in [1.82, 2.24) is 4.98 Å². The normalized spacial score (nSPS) is 17.1. The molecule has 5 heteroatoms. The minimum absolute atomic E-state index is 0.0587. The maximum absolute atomic E-state index is 8.69. The van der Waals surface area contributed by atoms with Crippen molar-refractivity contribution >= 4 is 5.82 Å². The first-order valence-corrected chi connectivity index (χ1v) is 5.34. The first-order valence-electron chi connectivity index (χ1n) is 5.84. The summed E-state index contributed by atoms with van der Waals surface area (Å²) in [6.45, 7) is 3.04. The molecule has 0 bridgehead atoms. The highest BCUT2D eigenvalue weighted by Gasteiger charge is 2.12. The number of pyridine rings is 1. The summed E-state index contributed by atoms with van der Waals surface area (Å²) in [6, 6.07) is 3.60. The second-order valence-electron chi connectivity index (χ2n) is 3.44. The highest BCUT2D eigenvalue weighted by Crippen LogP contribution is 2.16. The van der Waals surface area contributed by atoms with E-state index < -0.39 is 0 Å². The molecule has 1 N–H and O–H groups in total. The fourth-order valence-corrected chi connectivity index (χ4v) is 1.54. The maximum Gasteiger partial charge on any atom is 0.215 e. The molecule has 0 saturated carbocycles. The molecule has 16 heavy (non-hydrogen) atoms. The minimum Gasteiger partial charge on any atom is -0.475 e. The third-order valence-corrected chi connectivity index (χ3v) is 2.32. The molecule has 0 atom stereocenters. The Morgan fingerprint density at radius 1 is 1.50 bits per heavy atom. The first kappa shape index (κ1) is 9.86. The number of hydrogen-bond acceptors (Lipinski definition) is 5. The van der Waals surface area contributed by atoms with Crippen LogP contribution in [-0.2, 0) is 4.74 Å². The fraction of sp³-hybridized carbons (Fsp3) is 0.545. The maximum atomic E-state index is 8.69. The van der Waals surface area contributed by atoms with Crippen molar-refractivity contribution in [3.63, 3.8) is 0 Å². The Labute approximate surface area is 96.0 Å². The lowest BCUT2D eigenvalue weighted by Crippen LogP contribution is -2.36. The number of nitrogens with zero attached hydrogens (tertiary/aromatic N) is 2. The smallest absolute Gasteiger partial charge is 0.215 e. The van der Waals surface area contributed by atoms with Crippen molar-refractivity contribution in [2.45, 2.75) is 0 Å². The van der Waals surface area contributed by atoms with Crippen LogP contribution in [0.2, 0.25) is 0 Å². The van der Waals surface area contributed by atoms with Crippen molar-refractivity contribution < 1.29 is 16.0 Å². The summed E-state index contributed by atoms with van der Waals surface area (Å²) in [6.07, 6.45) is 0. The predicted molar refractivity (Wildman–Crippen MR) is 59.8 cm³/mol. The van der Waals surface area contributed by atoms with E-state index in [1.807, 2.05) is 0 Å². The zero-order valence-corrected chi connectivity index (χ0v) is 9.06. The molecule has 0 spiro atoms. The highest BCUT2D eigenvalue weighted by atomic mass is 16.5. The quantitative estimate of drug-likeness (QED) is 0.798. The second-order valence-corrected chi connectivity index (χ2v) is 3.44. The molecule has 1 aliphatic heterocycles. The number of morpholine rings is 1. The van der Waals surface area contributed by atoms with Crippen LogP contribution in [0, 0.1) is 0 Å². The van der Waals surface area contributed by atoms with Gasteiger partial charge in [-0.25, -0.2) is 0 Å². The molecule has 88 valence electrons. The van der Waals surface area contributed by atoms with Gasteiger partial charge in [0.1, 0.15) is 12.4 Å². The number of rotatable bonds is 4. The van der Waals surface area contributed by atoms with Crippen LogP contribution in [0.4, 0.5) is 5.82 Å². The Hall–Kier alpha value is -1.33. The molecule has 2 heterocycles. The van der Waals surface area contributed by atoms with Crippen LogP contribution in [0.5, 0.6) is 5.88 Å². The van der Waals surface area contributed by atoms with E-state index in [4.69, 9.17) is 16.0 Å². The van der Waals surface area contributed by atoms with E-state index in [2.05, 4.69) is 9.88 Å². The Bertz CT molecular complexity index is 370. The lowest BCUT2D eigenvalue weighted by Gasteiger charge is -2.27. The van der Waals surface area contributed by atoms with Gasteiger partial charge in [0.05, 0.1) is 21.2 Å². The van der Waals surface area contributed by atoms with Crippen molar-refractivity contribution in [2.75, 3.05) is 44.4 Å². The first-order chi connectivity index (χ1) is 8.29. The van der Waals surface area contributed by atoms with Crippen LogP contribution in [0.3, 0.4) is 0 Å². The van der Waals surface area contributed by atoms with Gasteiger partial charge in [0.15, 0.2) is 0 Å². The molecule has 0 aromatic carbocycles. The lowest BCUT2D eigenvalue weighted by atomic mass is 10.3. The average molecular weight is 225 g/mol. The van der Waals surface area contributed by atoms with Gasteiger partial charge in [-0.1, -0.05) is 6.04 Å². The number of anilines is 1. The van der Waals surface area contributed by atoms with Gasteiger partial charge in [-0.05, 0) is 6.07 Å². The predicted octanol–water partition coefficient (Wildman–Crippen LogP) is 0.289. The van der Waals surface area contributed by atoms with Crippen LogP contribution in [0.1, 0.15) is 1.37 Å². The van der Waals surface area contributed by atoms with E-state index in [1.54, 1.807) is 12.1 Å². The van der Waals surface area contributed by atoms with Gasteiger partial charge in [-0.2, -0.15) is 4.98 Å². The fourth-order valence-electron chi connectivity index (χ4n) is 1.54. The molecule has 5 nitrogen and oxygen atoms in total. The van der Waals surface area contributed by atoms with E-state index in [-0.39, 0.29) is 13.2 Å². The highest BCUT2D eigenvalue weighted by molar-refractivity contribution is 5.40. The number of ether oxygens (including phenoxy) is 2. The van der Waals surface area contributed by atoms with Crippen LogP contribution in [-0.4, -0.2) is 49.6 Å². The molecule has 0 unspecified atom stereocenters. The summed E-state index contributed by atoms with van der Waals surface area (Å²) in [7, 11) is 0. The van der Waals surface area contributed by atoms with Crippen LogP contribution >= 0.6 is 0 Å². The number of aliphatic hydroxyl groups is 1. The molecular weight excluding hydrogens is 208 g/mol. The molecular formula is C11H16N2O3. The molecule has 1 aliphatic rings. The van der Waals surface area contributed by atoms with Gasteiger partial charge in [-0.15, -0.1) is 0 Å². The summed E-state index contributed by atoms with van der Waals surface area (Å²) in [5.41, 5.74) is 0. The molecule has 0 amide bonds. The monoisotopic (exact) mass is 225 g/mol. The second kappa shape index (κ2) is 5.67.